The van der Waals surface area contributed by atoms with Gasteiger partial charge in [0.1, 0.15) is 0 Å². The molecule has 1 atom stereocenters. The van der Waals surface area contributed by atoms with E-state index in [-0.39, 0.29) is 17.2 Å². The van der Waals surface area contributed by atoms with Gasteiger partial charge in [0.25, 0.3) is 0 Å². The summed E-state index contributed by atoms with van der Waals surface area (Å²) in [5.74, 6) is 1.31. The molecule has 1 amide bonds. The zero-order valence-corrected chi connectivity index (χ0v) is 12.6. The highest BCUT2D eigenvalue weighted by molar-refractivity contribution is 7.98. The second-order valence-corrected chi connectivity index (χ2v) is 6.54. The number of aliphatic hydroxyl groups excluding tert-OH is 1. The van der Waals surface area contributed by atoms with Crippen LogP contribution in [0.1, 0.15) is 40.5 Å². The molecular formula is C13H27NO2S. The number of rotatable bonds is 8. The third kappa shape index (κ3) is 6.94. The summed E-state index contributed by atoms with van der Waals surface area (Å²) in [6, 6.07) is 0. The van der Waals surface area contributed by atoms with Crippen LogP contribution in [0.3, 0.4) is 0 Å². The van der Waals surface area contributed by atoms with Crippen LogP contribution in [0, 0.1) is 11.3 Å². The molecule has 1 unspecified atom stereocenters. The second kappa shape index (κ2) is 7.98. The molecule has 0 aliphatic carbocycles. The molecule has 0 fully saturated rings. The van der Waals surface area contributed by atoms with Crippen LogP contribution in [0.2, 0.25) is 0 Å². The van der Waals surface area contributed by atoms with Crippen molar-refractivity contribution in [3.05, 3.63) is 0 Å². The molecule has 0 saturated carbocycles. The van der Waals surface area contributed by atoms with Crippen LogP contribution in [-0.4, -0.2) is 35.7 Å². The average Bonchev–Trinajstić information content (AvgIpc) is 2.25. The maximum absolute atomic E-state index is 11.6. The van der Waals surface area contributed by atoms with E-state index >= 15 is 0 Å². The van der Waals surface area contributed by atoms with Crippen LogP contribution in [0.5, 0.6) is 0 Å². The van der Waals surface area contributed by atoms with Gasteiger partial charge >= 0.3 is 0 Å². The first-order valence-corrected chi connectivity index (χ1v) is 7.64. The minimum absolute atomic E-state index is 0.0862. The monoisotopic (exact) mass is 261 g/mol. The zero-order valence-electron chi connectivity index (χ0n) is 11.7. The van der Waals surface area contributed by atoms with Crippen LogP contribution >= 0.6 is 11.8 Å². The van der Waals surface area contributed by atoms with Crippen molar-refractivity contribution >= 4 is 17.7 Å². The molecule has 0 radical (unpaired) electrons. The summed E-state index contributed by atoms with van der Waals surface area (Å²) >= 11 is 1.76. The van der Waals surface area contributed by atoms with Gasteiger partial charge in [0.15, 0.2) is 0 Å². The topological polar surface area (TPSA) is 49.3 Å². The van der Waals surface area contributed by atoms with Crippen LogP contribution in [0.25, 0.3) is 0 Å². The average molecular weight is 261 g/mol. The summed E-state index contributed by atoms with van der Waals surface area (Å²) in [7, 11) is 0. The summed E-state index contributed by atoms with van der Waals surface area (Å²) in [6.07, 6.45) is 3.14. The summed E-state index contributed by atoms with van der Waals surface area (Å²) in [5.41, 5.74) is -0.274. The van der Waals surface area contributed by atoms with Gasteiger partial charge in [-0.2, -0.15) is 11.8 Å². The maximum Gasteiger partial charge on any atom is 0.220 e. The van der Waals surface area contributed by atoms with Gasteiger partial charge in [-0.05, 0) is 24.3 Å². The molecule has 0 aromatic rings. The molecule has 0 aromatic carbocycles. The Balaban J connectivity index is 3.96. The van der Waals surface area contributed by atoms with Gasteiger partial charge in [-0.1, -0.05) is 27.7 Å². The third-order valence-electron chi connectivity index (χ3n) is 2.93. The number of nitrogens with one attached hydrogen (secondary N) is 1. The molecular weight excluding hydrogens is 234 g/mol. The van der Waals surface area contributed by atoms with Crippen LogP contribution in [0.15, 0.2) is 0 Å². The van der Waals surface area contributed by atoms with Gasteiger partial charge in [0, 0.05) is 18.4 Å². The first-order valence-electron chi connectivity index (χ1n) is 6.25. The largest absolute Gasteiger partial charge is 0.392 e. The lowest BCUT2D eigenvalue weighted by atomic mass is 9.80. The van der Waals surface area contributed by atoms with Gasteiger partial charge < -0.3 is 10.4 Å². The number of amides is 1. The van der Waals surface area contributed by atoms with Crippen molar-refractivity contribution in [2.45, 2.75) is 46.6 Å². The van der Waals surface area contributed by atoms with Gasteiger partial charge in [0.2, 0.25) is 5.91 Å². The molecule has 102 valence electrons. The molecule has 0 bridgehead atoms. The van der Waals surface area contributed by atoms with Crippen molar-refractivity contribution in [1.82, 2.24) is 5.32 Å². The van der Waals surface area contributed by atoms with E-state index in [4.69, 9.17) is 0 Å². The molecule has 0 saturated heterocycles. The predicted molar refractivity (Wildman–Crippen MR) is 75.3 cm³/mol. The van der Waals surface area contributed by atoms with Crippen molar-refractivity contribution in [3.8, 4) is 0 Å². The number of thioether (sulfide) groups is 1. The Labute approximate surface area is 110 Å². The molecule has 0 aromatic heterocycles. The third-order valence-corrected chi connectivity index (χ3v) is 3.62. The van der Waals surface area contributed by atoms with E-state index < -0.39 is 6.10 Å². The Morgan fingerprint density at radius 3 is 2.47 bits per heavy atom. The molecule has 0 aliphatic rings. The SMILES string of the molecule is CSCCCC(=O)NCC(C)(C)C(O)C(C)C. The highest BCUT2D eigenvalue weighted by Crippen LogP contribution is 2.25. The summed E-state index contributed by atoms with van der Waals surface area (Å²) in [4.78, 5) is 11.6. The number of hydrogen-bond donors (Lipinski definition) is 2. The lowest BCUT2D eigenvalue weighted by Gasteiger charge is -2.33. The van der Waals surface area contributed by atoms with Gasteiger partial charge in [-0.15, -0.1) is 0 Å². The van der Waals surface area contributed by atoms with Crippen molar-refractivity contribution in [3.63, 3.8) is 0 Å². The molecule has 2 N–H and O–H groups in total. The van der Waals surface area contributed by atoms with Crippen LogP contribution in [0.4, 0.5) is 0 Å². The van der Waals surface area contributed by atoms with E-state index in [9.17, 15) is 9.90 Å². The molecule has 0 aliphatic heterocycles. The van der Waals surface area contributed by atoms with Crippen molar-refractivity contribution in [2.24, 2.45) is 11.3 Å². The quantitative estimate of drug-likeness (QED) is 0.659. The zero-order chi connectivity index (χ0) is 13.5. The summed E-state index contributed by atoms with van der Waals surface area (Å²) < 4.78 is 0. The van der Waals surface area contributed by atoms with Crippen LogP contribution in [-0.2, 0) is 4.79 Å². The number of carbonyl (C=O) groups excluding carboxylic acids is 1. The number of carbonyl (C=O) groups is 1. The highest BCUT2D eigenvalue weighted by atomic mass is 32.2. The number of hydrogen-bond acceptors (Lipinski definition) is 3. The molecule has 0 rings (SSSR count). The van der Waals surface area contributed by atoms with Crippen molar-refractivity contribution in [2.75, 3.05) is 18.6 Å². The Morgan fingerprint density at radius 2 is 2.00 bits per heavy atom. The molecule has 4 heteroatoms. The van der Waals surface area contributed by atoms with E-state index in [0.29, 0.717) is 13.0 Å². The maximum atomic E-state index is 11.6. The fourth-order valence-electron chi connectivity index (χ4n) is 1.80. The van der Waals surface area contributed by atoms with E-state index in [1.807, 2.05) is 34.0 Å². The van der Waals surface area contributed by atoms with Gasteiger partial charge in [-0.25, -0.2) is 0 Å². The highest BCUT2D eigenvalue weighted by Gasteiger charge is 2.30. The molecule has 17 heavy (non-hydrogen) atoms. The first-order chi connectivity index (χ1) is 7.81. The Kier molecular flexibility index (Phi) is 7.88. The standard InChI is InChI=1S/C13H27NO2S/c1-10(2)12(16)13(3,4)9-14-11(15)7-6-8-17-5/h10,12,16H,6-9H2,1-5H3,(H,14,15). The van der Waals surface area contributed by atoms with E-state index in [0.717, 1.165) is 12.2 Å². The first kappa shape index (κ1) is 16.8. The smallest absolute Gasteiger partial charge is 0.220 e. The second-order valence-electron chi connectivity index (χ2n) is 5.55. The van der Waals surface area contributed by atoms with E-state index in [1.54, 1.807) is 11.8 Å². The molecule has 3 nitrogen and oxygen atoms in total. The van der Waals surface area contributed by atoms with E-state index in [2.05, 4.69) is 5.32 Å². The minimum atomic E-state index is -0.394. The molecule has 0 spiro atoms. The predicted octanol–water partition coefficient (Wildman–Crippen LogP) is 2.29. The Morgan fingerprint density at radius 1 is 1.41 bits per heavy atom. The molecule has 0 heterocycles. The van der Waals surface area contributed by atoms with E-state index in [1.165, 1.54) is 0 Å². The van der Waals surface area contributed by atoms with Gasteiger partial charge in [-0.3, -0.25) is 4.79 Å². The summed E-state index contributed by atoms with van der Waals surface area (Å²) in [6.45, 7) is 8.49. The van der Waals surface area contributed by atoms with Crippen molar-refractivity contribution < 1.29 is 9.90 Å². The summed E-state index contributed by atoms with van der Waals surface area (Å²) in [5, 5.41) is 12.9. The Hall–Kier alpha value is -0.220. The minimum Gasteiger partial charge on any atom is -0.392 e. The lowest BCUT2D eigenvalue weighted by molar-refractivity contribution is -0.122. The van der Waals surface area contributed by atoms with Crippen LogP contribution < -0.4 is 5.32 Å². The van der Waals surface area contributed by atoms with Gasteiger partial charge in [0.05, 0.1) is 6.10 Å². The fourth-order valence-corrected chi connectivity index (χ4v) is 2.23. The van der Waals surface area contributed by atoms with Crippen molar-refractivity contribution in [1.29, 1.82) is 0 Å². The lowest BCUT2D eigenvalue weighted by Crippen LogP contribution is -2.43. The Bertz CT molecular complexity index is 229. The number of aliphatic hydroxyl groups is 1. The normalized spacial score (nSPS) is 13.8. The fraction of sp³-hybridized carbons (Fsp3) is 0.923.